The second-order valence-corrected chi connectivity index (χ2v) is 6.16. The fourth-order valence-corrected chi connectivity index (χ4v) is 2.85. The molecule has 1 fully saturated rings. The molecular weight excluding hydrogens is 239 g/mol. The number of halogens is 1. The maximum Gasteiger partial charge on any atom is 0.146 e. The van der Waals surface area contributed by atoms with Crippen LogP contribution in [0.2, 0.25) is 0 Å². The lowest BCUT2D eigenvalue weighted by Gasteiger charge is -2.24. The van der Waals surface area contributed by atoms with Gasteiger partial charge in [0, 0.05) is 25.2 Å². The van der Waals surface area contributed by atoms with Crippen LogP contribution in [0.5, 0.6) is 0 Å². The third-order valence-corrected chi connectivity index (χ3v) is 3.82. The van der Waals surface area contributed by atoms with Gasteiger partial charge in [0.2, 0.25) is 0 Å². The van der Waals surface area contributed by atoms with E-state index in [0.29, 0.717) is 18.0 Å². The quantitative estimate of drug-likeness (QED) is 0.894. The van der Waals surface area contributed by atoms with Gasteiger partial charge in [0.15, 0.2) is 0 Å². The molecule has 0 aliphatic carbocycles. The first-order chi connectivity index (χ1) is 8.97. The predicted molar refractivity (Wildman–Crippen MR) is 79.0 cm³/mol. The Bertz CT molecular complexity index is 431. The van der Waals surface area contributed by atoms with E-state index >= 15 is 0 Å². The van der Waals surface area contributed by atoms with Gasteiger partial charge in [0.05, 0.1) is 5.69 Å². The molecule has 2 rings (SSSR count). The second-order valence-electron chi connectivity index (χ2n) is 6.16. The Balaban J connectivity index is 2.11. The fraction of sp³-hybridized carbons (Fsp3) is 0.625. The van der Waals surface area contributed by atoms with Crippen LogP contribution in [0.4, 0.5) is 10.1 Å². The molecule has 1 N–H and O–H groups in total. The van der Waals surface area contributed by atoms with Crippen molar-refractivity contribution >= 4 is 5.69 Å². The lowest BCUT2D eigenvalue weighted by atomic mass is 10.1. The summed E-state index contributed by atoms with van der Waals surface area (Å²) in [5.74, 6) is 0.556. The van der Waals surface area contributed by atoms with Gasteiger partial charge in [-0.25, -0.2) is 4.39 Å². The van der Waals surface area contributed by atoms with Crippen LogP contribution in [0.3, 0.4) is 0 Å². The third kappa shape index (κ3) is 3.47. The van der Waals surface area contributed by atoms with Crippen LogP contribution in [0.1, 0.15) is 39.7 Å². The van der Waals surface area contributed by atoms with E-state index in [4.69, 9.17) is 0 Å². The van der Waals surface area contributed by atoms with Crippen molar-refractivity contribution in [3.05, 3.63) is 29.6 Å². The Labute approximate surface area is 116 Å². The highest BCUT2D eigenvalue weighted by atomic mass is 19.1. The number of nitrogens with one attached hydrogen (secondary N) is 1. The van der Waals surface area contributed by atoms with Gasteiger partial charge in [-0.2, -0.15) is 0 Å². The van der Waals surface area contributed by atoms with Crippen LogP contribution in [0.15, 0.2) is 18.2 Å². The van der Waals surface area contributed by atoms with Crippen LogP contribution >= 0.6 is 0 Å². The predicted octanol–water partition coefficient (Wildman–Crippen LogP) is 3.56. The average Bonchev–Trinajstić information content (AvgIpc) is 2.66. The summed E-state index contributed by atoms with van der Waals surface area (Å²) in [4.78, 5) is 2.19. The van der Waals surface area contributed by atoms with Crippen molar-refractivity contribution in [3.63, 3.8) is 0 Å². The average molecular weight is 264 g/mol. The normalized spacial score (nSPS) is 23.4. The number of nitrogens with zero attached hydrogens (tertiary/aromatic N) is 1. The number of rotatable bonds is 4. The van der Waals surface area contributed by atoms with Crippen molar-refractivity contribution in [1.29, 1.82) is 0 Å². The maximum absolute atomic E-state index is 14.3. The molecule has 1 aliphatic heterocycles. The summed E-state index contributed by atoms with van der Waals surface area (Å²) in [7, 11) is 0. The molecule has 1 saturated heterocycles. The van der Waals surface area contributed by atoms with Crippen LogP contribution < -0.4 is 10.2 Å². The van der Waals surface area contributed by atoms with E-state index in [2.05, 4.69) is 37.9 Å². The minimum absolute atomic E-state index is 0.0935. The van der Waals surface area contributed by atoms with Crippen molar-refractivity contribution in [2.75, 3.05) is 11.4 Å². The number of hydrogen-bond donors (Lipinski definition) is 1. The zero-order chi connectivity index (χ0) is 14.0. The van der Waals surface area contributed by atoms with Crippen LogP contribution in [0, 0.1) is 11.7 Å². The lowest BCUT2D eigenvalue weighted by Crippen LogP contribution is -2.27. The fourth-order valence-electron chi connectivity index (χ4n) is 2.85. The molecular formula is C16H25FN2. The lowest BCUT2D eigenvalue weighted by molar-refractivity contribution is 0.579. The number of anilines is 1. The standard InChI is InChI=1S/C16H25FN2/c1-11(2)18-9-14-5-6-16(15(17)8-14)19-10-12(3)7-13(19)4/h5-6,8,11-13,18H,7,9-10H2,1-4H3. The van der Waals surface area contributed by atoms with Crippen molar-refractivity contribution in [2.45, 2.75) is 52.7 Å². The molecule has 1 heterocycles. The zero-order valence-electron chi connectivity index (χ0n) is 12.4. The first-order valence-corrected chi connectivity index (χ1v) is 7.25. The van der Waals surface area contributed by atoms with Crippen molar-refractivity contribution in [1.82, 2.24) is 5.32 Å². The minimum atomic E-state index is -0.0935. The smallest absolute Gasteiger partial charge is 0.146 e. The summed E-state index contributed by atoms with van der Waals surface area (Å²) in [6, 6.07) is 6.48. The monoisotopic (exact) mass is 264 g/mol. The highest BCUT2D eigenvalue weighted by molar-refractivity contribution is 5.51. The third-order valence-electron chi connectivity index (χ3n) is 3.82. The summed E-state index contributed by atoms with van der Waals surface area (Å²) >= 11 is 0. The molecule has 1 aromatic carbocycles. The highest BCUT2D eigenvalue weighted by Gasteiger charge is 2.27. The minimum Gasteiger partial charge on any atom is -0.366 e. The molecule has 0 saturated carbocycles. The van der Waals surface area contributed by atoms with E-state index in [1.807, 2.05) is 12.1 Å². The van der Waals surface area contributed by atoms with Gasteiger partial charge >= 0.3 is 0 Å². The molecule has 2 atom stereocenters. The van der Waals surface area contributed by atoms with Crippen molar-refractivity contribution < 1.29 is 4.39 Å². The summed E-state index contributed by atoms with van der Waals surface area (Å²) in [5, 5.41) is 3.31. The van der Waals surface area contributed by atoms with E-state index in [0.717, 1.165) is 30.8 Å². The van der Waals surface area contributed by atoms with Crippen LogP contribution in [0.25, 0.3) is 0 Å². The molecule has 0 aromatic heterocycles. The molecule has 1 aromatic rings. The van der Waals surface area contributed by atoms with Gasteiger partial charge in [-0.15, -0.1) is 0 Å². The Morgan fingerprint density at radius 3 is 2.63 bits per heavy atom. The summed E-state index contributed by atoms with van der Waals surface area (Å²) < 4.78 is 14.3. The Morgan fingerprint density at radius 2 is 2.11 bits per heavy atom. The van der Waals surface area contributed by atoms with Crippen LogP contribution in [-0.2, 0) is 6.54 Å². The summed E-state index contributed by atoms with van der Waals surface area (Å²) in [5.41, 5.74) is 1.76. The second kappa shape index (κ2) is 5.91. The van der Waals surface area contributed by atoms with Crippen molar-refractivity contribution in [2.24, 2.45) is 5.92 Å². The van der Waals surface area contributed by atoms with E-state index in [-0.39, 0.29) is 5.82 Å². The van der Waals surface area contributed by atoms with E-state index in [1.165, 1.54) is 0 Å². The Hall–Kier alpha value is -1.09. The first-order valence-electron chi connectivity index (χ1n) is 7.25. The molecule has 3 heteroatoms. The molecule has 0 spiro atoms. The van der Waals surface area contributed by atoms with Gasteiger partial charge in [0.1, 0.15) is 5.82 Å². The topological polar surface area (TPSA) is 15.3 Å². The molecule has 0 amide bonds. The highest BCUT2D eigenvalue weighted by Crippen LogP contribution is 2.30. The van der Waals surface area contributed by atoms with Gasteiger partial charge < -0.3 is 10.2 Å². The largest absolute Gasteiger partial charge is 0.366 e. The van der Waals surface area contributed by atoms with E-state index < -0.39 is 0 Å². The molecule has 2 unspecified atom stereocenters. The van der Waals surface area contributed by atoms with Gasteiger partial charge in [0.25, 0.3) is 0 Å². The van der Waals surface area contributed by atoms with Gasteiger partial charge in [-0.05, 0) is 37.0 Å². The number of benzene rings is 1. The van der Waals surface area contributed by atoms with Gasteiger partial charge in [-0.1, -0.05) is 26.8 Å². The van der Waals surface area contributed by atoms with Crippen molar-refractivity contribution in [3.8, 4) is 0 Å². The Kier molecular flexibility index (Phi) is 4.46. The Morgan fingerprint density at radius 1 is 1.37 bits per heavy atom. The molecule has 0 bridgehead atoms. The first kappa shape index (κ1) is 14.3. The summed E-state index contributed by atoms with van der Waals surface area (Å²) in [6.07, 6.45) is 1.15. The molecule has 19 heavy (non-hydrogen) atoms. The van der Waals surface area contributed by atoms with Gasteiger partial charge in [-0.3, -0.25) is 0 Å². The SMILES string of the molecule is CC1CC(C)N(c2ccc(CNC(C)C)cc2F)C1. The maximum atomic E-state index is 14.3. The van der Waals surface area contributed by atoms with E-state index in [9.17, 15) is 4.39 Å². The molecule has 2 nitrogen and oxygen atoms in total. The molecule has 106 valence electrons. The zero-order valence-corrected chi connectivity index (χ0v) is 12.4. The number of hydrogen-bond acceptors (Lipinski definition) is 2. The van der Waals surface area contributed by atoms with E-state index in [1.54, 1.807) is 6.07 Å². The molecule has 1 aliphatic rings. The molecule has 0 radical (unpaired) electrons. The summed E-state index contributed by atoms with van der Waals surface area (Å²) in [6.45, 7) is 10.3. The van der Waals surface area contributed by atoms with Crippen LogP contribution in [-0.4, -0.2) is 18.6 Å².